The molecule has 4 heteroatoms. The molecule has 1 unspecified atom stereocenters. The van der Waals surface area contributed by atoms with Crippen LogP contribution in [-0.4, -0.2) is 18.1 Å². The van der Waals surface area contributed by atoms with Crippen molar-refractivity contribution in [3.8, 4) is 0 Å². The summed E-state index contributed by atoms with van der Waals surface area (Å²) in [6.45, 7) is 8.60. The summed E-state index contributed by atoms with van der Waals surface area (Å²) in [5.41, 5.74) is 7.78. The van der Waals surface area contributed by atoms with Gasteiger partial charge in [0.2, 0.25) is 0 Å². The van der Waals surface area contributed by atoms with Gasteiger partial charge in [0.15, 0.2) is 0 Å². The Kier molecular flexibility index (Phi) is 5.06. The number of anilines is 2. The van der Waals surface area contributed by atoms with Gasteiger partial charge in [-0.3, -0.25) is 4.98 Å². The molecular formula is C12H20BrN3. The third kappa shape index (κ3) is 3.11. The van der Waals surface area contributed by atoms with E-state index in [1.165, 1.54) is 6.42 Å². The molecule has 3 nitrogen and oxygen atoms in total. The quantitative estimate of drug-likeness (QED) is 0.903. The van der Waals surface area contributed by atoms with Crippen LogP contribution in [0, 0.1) is 5.92 Å². The molecule has 0 saturated heterocycles. The number of nitrogen functional groups attached to an aromatic ring is 1. The molecule has 0 radical (unpaired) electrons. The second kappa shape index (κ2) is 6.09. The number of rotatable bonds is 5. The van der Waals surface area contributed by atoms with E-state index in [2.05, 4.69) is 46.6 Å². The molecule has 0 fully saturated rings. The van der Waals surface area contributed by atoms with Gasteiger partial charge in [0.05, 0.1) is 22.0 Å². The van der Waals surface area contributed by atoms with Gasteiger partial charge >= 0.3 is 0 Å². The molecule has 0 amide bonds. The number of halogens is 1. The first-order valence-corrected chi connectivity index (χ1v) is 6.53. The molecule has 1 aromatic heterocycles. The second-order valence-electron chi connectivity index (χ2n) is 4.11. The number of hydrogen-bond donors (Lipinski definition) is 1. The average Bonchev–Trinajstić information content (AvgIpc) is 2.27. The molecule has 0 spiro atoms. The maximum atomic E-state index is 5.98. The van der Waals surface area contributed by atoms with Crippen molar-refractivity contribution in [1.82, 2.24) is 4.98 Å². The highest BCUT2D eigenvalue weighted by molar-refractivity contribution is 9.10. The highest BCUT2D eigenvalue weighted by Gasteiger charge is 2.14. The number of hydrogen-bond acceptors (Lipinski definition) is 3. The number of nitrogens with two attached hydrogens (primary N) is 1. The van der Waals surface area contributed by atoms with E-state index in [0.717, 1.165) is 28.9 Å². The second-order valence-corrected chi connectivity index (χ2v) is 4.97. The van der Waals surface area contributed by atoms with E-state index in [4.69, 9.17) is 5.73 Å². The normalized spacial score (nSPS) is 12.5. The largest absolute Gasteiger partial charge is 0.396 e. The van der Waals surface area contributed by atoms with Crippen LogP contribution in [0.4, 0.5) is 11.4 Å². The van der Waals surface area contributed by atoms with Crippen LogP contribution in [0.1, 0.15) is 27.2 Å². The predicted molar refractivity (Wildman–Crippen MR) is 73.7 cm³/mol. The van der Waals surface area contributed by atoms with Gasteiger partial charge in [-0.05, 0) is 28.8 Å². The van der Waals surface area contributed by atoms with E-state index < -0.39 is 0 Å². The van der Waals surface area contributed by atoms with Crippen LogP contribution in [0.2, 0.25) is 0 Å². The first kappa shape index (κ1) is 13.3. The summed E-state index contributed by atoms with van der Waals surface area (Å²) < 4.78 is 0.970. The fourth-order valence-electron chi connectivity index (χ4n) is 1.66. The van der Waals surface area contributed by atoms with Crippen molar-refractivity contribution in [2.45, 2.75) is 27.2 Å². The lowest BCUT2D eigenvalue weighted by Crippen LogP contribution is -2.29. The van der Waals surface area contributed by atoms with Crippen molar-refractivity contribution in [1.29, 1.82) is 0 Å². The summed E-state index contributed by atoms with van der Waals surface area (Å²) in [6.07, 6.45) is 4.68. The van der Waals surface area contributed by atoms with Gasteiger partial charge in [0.25, 0.3) is 0 Å². The summed E-state index contributed by atoms with van der Waals surface area (Å²) in [4.78, 5) is 6.36. The summed E-state index contributed by atoms with van der Waals surface area (Å²) in [6, 6.07) is 0. The van der Waals surface area contributed by atoms with Crippen molar-refractivity contribution in [2.24, 2.45) is 5.92 Å². The topological polar surface area (TPSA) is 42.1 Å². The van der Waals surface area contributed by atoms with Gasteiger partial charge < -0.3 is 10.6 Å². The Bertz CT molecular complexity index is 321. The molecule has 0 bridgehead atoms. The van der Waals surface area contributed by atoms with Crippen molar-refractivity contribution in [3.63, 3.8) is 0 Å². The Balaban J connectivity index is 2.94. The van der Waals surface area contributed by atoms with E-state index in [-0.39, 0.29) is 0 Å². The van der Waals surface area contributed by atoms with Crippen LogP contribution < -0.4 is 10.6 Å². The lowest BCUT2D eigenvalue weighted by Gasteiger charge is -2.28. The van der Waals surface area contributed by atoms with E-state index in [1.54, 1.807) is 12.4 Å². The van der Waals surface area contributed by atoms with Gasteiger partial charge in [0, 0.05) is 19.3 Å². The molecule has 0 aromatic carbocycles. The van der Waals surface area contributed by atoms with Gasteiger partial charge in [-0.25, -0.2) is 0 Å². The fourth-order valence-corrected chi connectivity index (χ4v) is 2.26. The third-order valence-corrected chi connectivity index (χ3v) is 3.41. The Hall–Kier alpha value is -0.770. The maximum Gasteiger partial charge on any atom is 0.0776 e. The van der Waals surface area contributed by atoms with E-state index in [0.29, 0.717) is 5.92 Å². The maximum absolute atomic E-state index is 5.98. The number of nitrogens with zero attached hydrogens (tertiary/aromatic N) is 2. The van der Waals surface area contributed by atoms with E-state index in [1.807, 2.05) is 0 Å². The molecule has 1 aromatic rings. The SMILES string of the molecule is CCC(C)CN(CC)c1c(N)cncc1Br. The van der Waals surface area contributed by atoms with Crippen LogP contribution >= 0.6 is 15.9 Å². The molecule has 90 valence electrons. The standard InChI is InChI=1S/C12H20BrN3/c1-4-9(3)8-16(5-2)12-10(13)6-15-7-11(12)14/h6-7,9H,4-5,8,14H2,1-3H3. The monoisotopic (exact) mass is 285 g/mol. The van der Waals surface area contributed by atoms with E-state index in [9.17, 15) is 0 Å². The van der Waals surface area contributed by atoms with Crippen LogP contribution in [0.25, 0.3) is 0 Å². The predicted octanol–water partition coefficient (Wildman–Crippen LogP) is 3.30. The van der Waals surface area contributed by atoms with Gasteiger partial charge in [-0.1, -0.05) is 20.3 Å². The smallest absolute Gasteiger partial charge is 0.0776 e. The first-order chi connectivity index (χ1) is 7.60. The lowest BCUT2D eigenvalue weighted by molar-refractivity contribution is 0.548. The zero-order valence-electron chi connectivity index (χ0n) is 10.2. The summed E-state index contributed by atoms with van der Waals surface area (Å²) in [5, 5.41) is 0. The van der Waals surface area contributed by atoms with Crippen LogP contribution in [0.3, 0.4) is 0 Å². The molecular weight excluding hydrogens is 266 g/mol. The van der Waals surface area contributed by atoms with Crippen LogP contribution in [-0.2, 0) is 0 Å². The summed E-state index contributed by atoms with van der Waals surface area (Å²) in [7, 11) is 0. The van der Waals surface area contributed by atoms with Gasteiger partial charge in [-0.15, -0.1) is 0 Å². The molecule has 0 aliphatic carbocycles. The highest BCUT2D eigenvalue weighted by atomic mass is 79.9. The van der Waals surface area contributed by atoms with Crippen LogP contribution in [0.15, 0.2) is 16.9 Å². The molecule has 16 heavy (non-hydrogen) atoms. The van der Waals surface area contributed by atoms with Crippen molar-refractivity contribution in [2.75, 3.05) is 23.7 Å². The fraction of sp³-hybridized carbons (Fsp3) is 0.583. The van der Waals surface area contributed by atoms with Crippen LogP contribution in [0.5, 0.6) is 0 Å². The molecule has 0 aliphatic rings. The number of pyridine rings is 1. The zero-order chi connectivity index (χ0) is 12.1. The van der Waals surface area contributed by atoms with Gasteiger partial charge in [-0.2, -0.15) is 0 Å². The number of aromatic nitrogens is 1. The zero-order valence-corrected chi connectivity index (χ0v) is 11.8. The Morgan fingerprint density at radius 2 is 2.12 bits per heavy atom. The minimum absolute atomic E-state index is 0.666. The van der Waals surface area contributed by atoms with E-state index >= 15 is 0 Å². The molecule has 1 atom stereocenters. The summed E-state index contributed by atoms with van der Waals surface area (Å²) >= 11 is 3.52. The minimum Gasteiger partial charge on any atom is -0.396 e. The van der Waals surface area contributed by atoms with Crippen molar-refractivity contribution >= 4 is 27.3 Å². The third-order valence-electron chi connectivity index (χ3n) is 2.83. The lowest BCUT2D eigenvalue weighted by atomic mass is 10.1. The minimum atomic E-state index is 0.666. The van der Waals surface area contributed by atoms with Gasteiger partial charge in [0.1, 0.15) is 0 Å². The van der Waals surface area contributed by atoms with Crippen molar-refractivity contribution in [3.05, 3.63) is 16.9 Å². The average molecular weight is 286 g/mol. The Labute approximate surface area is 106 Å². The van der Waals surface area contributed by atoms with Crippen molar-refractivity contribution < 1.29 is 0 Å². The Morgan fingerprint density at radius 3 is 2.62 bits per heavy atom. The molecule has 2 N–H and O–H groups in total. The molecule has 1 rings (SSSR count). The highest BCUT2D eigenvalue weighted by Crippen LogP contribution is 2.31. The summed E-state index contributed by atoms with van der Waals surface area (Å²) in [5.74, 6) is 0.666. The molecule has 1 heterocycles. The Morgan fingerprint density at radius 1 is 1.44 bits per heavy atom. The molecule has 0 aliphatic heterocycles. The first-order valence-electron chi connectivity index (χ1n) is 5.74. The molecule has 0 saturated carbocycles.